The Bertz CT molecular complexity index is 333. The van der Waals surface area contributed by atoms with E-state index in [1.54, 1.807) is 0 Å². The normalized spacial score (nSPS) is 17.1. The lowest BCUT2D eigenvalue weighted by Crippen LogP contribution is -2.30. The van der Waals surface area contributed by atoms with Gasteiger partial charge in [0.15, 0.2) is 0 Å². The fourth-order valence-electron chi connectivity index (χ4n) is 1.48. The molecule has 1 heterocycles. The van der Waals surface area contributed by atoms with E-state index in [0.717, 1.165) is 6.54 Å². The van der Waals surface area contributed by atoms with Gasteiger partial charge >= 0.3 is 0 Å². The number of carbonyl (C=O) groups is 1. The number of nitrogens with zero attached hydrogens (tertiary/aromatic N) is 2. The predicted molar refractivity (Wildman–Crippen MR) is 58.6 cm³/mol. The highest BCUT2D eigenvalue weighted by atomic mass is 16.1. The molecular weight excluding hydrogens is 206 g/mol. The molecule has 0 bridgehead atoms. The Kier molecular flexibility index (Phi) is 3.51. The van der Waals surface area contributed by atoms with Crippen LogP contribution in [0.25, 0.3) is 0 Å². The van der Waals surface area contributed by atoms with Crippen LogP contribution in [-0.4, -0.2) is 33.7 Å². The van der Waals surface area contributed by atoms with Crippen LogP contribution in [-0.2, 0) is 4.79 Å². The zero-order valence-corrected chi connectivity index (χ0v) is 9.36. The lowest BCUT2D eigenvalue weighted by atomic mass is 10.3. The molecule has 1 saturated carbocycles. The average Bonchev–Trinajstić information content (AvgIpc) is 2.91. The van der Waals surface area contributed by atoms with E-state index in [1.807, 2.05) is 6.92 Å². The van der Waals surface area contributed by atoms with Gasteiger partial charge in [0.25, 0.3) is 0 Å². The lowest BCUT2D eigenvalue weighted by molar-refractivity contribution is -0.121. The maximum Gasteiger partial charge on any atom is 0.221 e. The van der Waals surface area contributed by atoms with Crippen LogP contribution in [0.1, 0.15) is 38.1 Å². The van der Waals surface area contributed by atoms with Crippen molar-refractivity contribution in [2.75, 3.05) is 6.54 Å². The minimum atomic E-state index is -0.115. The number of rotatable bonds is 6. The third-order valence-electron chi connectivity index (χ3n) is 2.58. The van der Waals surface area contributed by atoms with Gasteiger partial charge in [-0.05, 0) is 19.8 Å². The second-order valence-electron chi connectivity index (χ2n) is 4.14. The average molecular weight is 223 g/mol. The summed E-state index contributed by atoms with van der Waals surface area (Å²) in [7, 11) is 0. The molecule has 0 radical (unpaired) electrons. The van der Waals surface area contributed by atoms with Crippen molar-refractivity contribution in [3.8, 4) is 0 Å². The van der Waals surface area contributed by atoms with E-state index in [9.17, 15) is 4.79 Å². The molecule has 0 aliphatic heterocycles. The van der Waals surface area contributed by atoms with E-state index < -0.39 is 0 Å². The summed E-state index contributed by atoms with van der Waals surface area (Å²) >= 11 is 0. The van der Waals surface area contributed by atoms with Gasteiger partial charge in [-0.2, -0.15) is 5.10 Å². The van der Waals surface area contributed by atoms with Gasteiger partial charge in [0.2, 0.25) is 5.91 Å². The summed E-state index contributed by atoms with van der Waals surface area (Å²) in [4.78, 5) is 15.5. The first-order chi connectivity index (χ1) is 7.75. The molecular formula is C10H17N5O. The Hall–Kier alpha value is -1.43. The molecule has 1 amide bonds. The Morgan fingerprint density at radius 1 is 1.69 bits per heavy atom. The Balaban J connectivity index is 1.65. The van der Waals surface area contributed by atoms with Gasteiger partial charge in [0, 0.05) is 19.0 Å². The lowest BCUT2D eigenvalue weighted by Gasteiger charge is -2.10. The third-order valence-corrected chi connectivity index (χ3v) is 2.58. The Morgan fingerprint density at radius 3 is 3.12 bits per heavy atom. The topological polar surface area (TPSA) is 82.7 Å². The molecule has 6 nitrogen and oxygen atoms in total. The summed E-state index contributed by atoms with van der Waals surface area (Å²) in [5.74, 6) is 0.723. The first-order valence-electron chi connectivity index (χ1n) is 5.63. The van der Waals surface area contributed by atoms with Crippen molar-refractivity contribution < 1.29 is 4.79 Å². The molecule has 1 fully saturated rings. The Morgan fingerprint density at radius 2 is 2.50 bits per heavy atom. The summed E-state index contributed by atoms with van der Waals surface area (Å²) < 4.78 is 0. The van der Waals surface area contributed by atoms with Gasteiger partial charge in [-0.1, -0.05) is 0 Å². The van der Waals surface area contributed by atoms with E-state index in [-0.39, 0.29) is 11.9 Å². The van der Waals surface area contributed by atoms with E-state index in [1.165, 1.54) is 19.2 Å². The molecule has 1 aromatic heterocycles. The number of hydrogen-bond donors (Lipinski definition) is 3. The third kappa shape index (κ3) is 3.30. The fraction of sp³-hybridized carbons (Fsp3) is 0.700. The number of H-pyrrole nitrogens is 1. The van der Waals surface area contributed by atoms with Gasteiger partial charge in [-0.3, -0.25) is 9.89 Å². The molecule has 0 saturated heterocycles. The molecule has 1 aromatic rings. The van der Waals surface area contributed by atoms with Crippen LogP contribution in [0.4, 0.5) is 0 Å². The van der Waals surface area contributed by atoms with Gasteiger partial charge in [-0.15, -0.1) is 0 Å². The van der Waals surface area contributed by atoms with E-state index in [2.05, 4.69) is 25.8 Å². The molecule has 2 rings (SSSR count). The summed E-state index contributed by atoms with van der Waals surface area (Å²) in [6.07, 6.45) is 4.44. The van der Waals surface area contributed by atoms with E-state index in [0.29, 0.717) is 18.3 Å². The van der Waals surface area contributed by atoms with Gasteiger partial charge in [0.1, 0.15) is 12.2 Å². The van der Waals surface area contributed by atoms with Gasteiger partial charge < -0.3 is 10.6 Å². The number of aromatic nitrogens is 3. The van der Waals surface area contributed by atoms with Crippen molar-refractivity contribution in [2.45, 2.75) is 38.3 Å². The number of nitrogens with one attached hydrogen (secondary N) is 3. The molecule has 0 aromatic carbocycles. The molecule has 3 N–H and O–H groups in total. The molecule has 1 unspecified atom stereocenters. The van der Waals surface area contributed by atoms with Crippen molar-refractivity contribution in [1.29, 1.82) is 0 Å². The second-order valence-corrected chi connectivity index (χ2v) is 4.14. The van der Waals surface area contributed by atoms with Crippen LogP contribution >= 0.6 is 0 Å². The summed E-state index contributed by atoms with van der Waals surface area (Å²) in [5, 5.41) is 12.6. The highest BCUT2D eigenvalue weighted by Crippen LogP contribution is 2.18. The minimum absolute atomic E-state index is 0.0389. The van der Waals surface area contributed by atoms with E-state index >= 15 is 0 Å². The number of hydrogen-bond acceptors (Lipinski definition) is 4. The minimum Gasteiger partial charge on any atom is -0.346 e. The molecule has 16 heavy (non-hydrogen) atoms. The quantitative estimate of drug-likeness (QED) is 0.640. The zero-order valence-electron chi connectivity index (χ0n) is 9.36. The van der Waals surface area contributed by atoms with Crippen molar-refractivity contribution in [3.63, 3.8) is 0 Å². The number of aromatic amines is 1. The van der Waals surface area contributed by atoms with Crippen LogP contribution in [0.5, 0.6) is 0 Å². The molecule has 0 spiro atoms. The van der Waals surface area contributed by atoms with Gasteiger partial charge in [0.05, 0.1) is 6.04 Å². The summed E-state index contributed by atoms with van der Waals surface area (Å²) in [6, 6.07) is 0.537. The van der Waals surface area contributed by atoms with E-state index in [4.69, 9.17) is 0 Å². The van der Waals surface area contributed by atoms with Crippen molar-refractivity contribution in [2.24, 2.45) is 0 Å². The standard InChI is InChI=1S/C10H17N5O/c1-7(10-12-6-13-15-10)14-9(16)4-5-11-8-2-3-8/h6-8,11H,2-5H2,1H3,(H,14,16)(H,12,13,15). The number of amides is 1. The SMILES string of the molecule is CC(NC(=O)CCNC1CC1)c1ncn[nH]1. The van der Waals surface area contributed by atoms with Crippen LogP contribution in [0, 0.1) is 0 Å². The smallest absolute Gasteiger partial charge is 0.221 e. The van der Waals surface area contributed by atoms with Crippen LogP contribution in [0.2, 0.25) is 0 Å². The van der Waals surface area contributed by atoms with Crippen molar-refractivity contribution in [1.82, 2.24) is 25.8 Å². The zero-order chi connectivity index (χ0) is 11.4. The highest BCUT2D eigenvalue weighted by Gasteiger charge is 2.20. The van der Waals surface area contributed by atoms with Crippen LogP contribution in [0.3, 0.4) is 0 Å². The van der Waals surface area contributed by atoms with Crippen molar-refractivity contribution >= 4 is 5.91 Å². The predicted octanol–water partition coefficient (Wildman–Crippen LogP) is 0.124. The highest BCUT2D eigenvalue weighted by molar-refractivity contribution is 5.76. The first kappa shape index (κ1) is 11.1. The maximum absolute atomic E-state index is 11.5. The molecule has 6 heteroatoms. The molecule has 1 aliphatic rings. The summed E-state index contributed by atoms with van der Waals surface area (Å²) in [5.41, 5.74) is 0. The second kappa shape index (κ2) is 5.07. The van der Waals surface area contributed by atoms with Crippen LogP contribution < -0.4 is 10.6 Å². The van der Waals surface area contributed by atoms with Gasteiger partial charge in [-0.25, -0.2) is 4.98 Å². The monoisotopic (exact) mass is 223 g/mol. The Labute approximate surface area is 94.2 Å². The maximum atomic E-state index is 11.5. The summed E-state index contributed by atoms with van der Waals surface area (Å²) in [6.45, 7) is 2.63. The van der Waals surface area contributed by atoms with Crippen LogP contribution in [0.15, 0.2) is 6.33 Å². The first-order valence-corrected chi connectivity index (χ1v) is 5.63. The molecule has 88 valence electrons. The fourth-order valence-corrected chi connectivity index (χ4v) is 1.48. The molecule has 1 aliphatic carbocycles. The number of carbonyl (C=O) groups excluding carboxylic acids is 1. The van der Waals surface area contributed by atoms with Crippen molar-refractivity contribution in [3.05, 3.63) is 12.2 Å². The largest absolute Gasteiger partial charge is 0.346 e. The molecule has 1 atom stereocenters.